The van der Waals surface area contributed by atoms with Crippen LogP contribution < -0.4 is 10.1 Å². The molecule has 214 valence electrons. The number of halogens is 1. The van der Waals surface area contributed by atoms with Crippen molar-refractivity contribution in [3.8, 4) is 5.88 Å². The van der Waals surface area contributed by atoms with Crippen molar-refractivity contribution in [3.05, 3.63) is 76.8 Å². The Balaban J connectivity index is 1.07. The first-order chi connectivity index (χ1) is 20.0. The van der Waals surface area contributed by atoms with Gasteiger partial charge in [-0.3, -0.25) is 9.88 Å². The number of likely N-dealkylation sites (tertiary alicyclic amines) is 1. The molecule has 3 aromatic heterocycles. The maximum atomic E-state index is 12.2. The van der Waals surface area contributed by atoms with Crippen molar-refractivity contribution in [2.45, 2.75) is 51.1 Å². The Morgan fingerprint density at radius 3 is 2.71 bits per heavy atom. The molecule has 4 aromatic rings. The average molecular weight is 577 g/mol. The van der Waals surface area contributed by atoms with Gasteiger partial charge < -0.3 is 24.1 Å². The summed E-state index contributed by atoms with van der Waals surface area (Å²) in [5.74, 6) is 1.99. The van der Waals surface area contributed by atoms with Gasteiger partial charge >= 0.3 is 5.97 Å². The van der Waals surface area contributed by atoms with E-state index in [9.17, 15) is 4.79 Å². The minimum Gasteiger partial charge on any atom is -0.471 e. The van der Waals surface area contributed by atoms with Crippen LogP contribution in [0.15, 0.2) is 54.7 Å². The molecule has 2 aliphatic rings. The number of anilines is 1. The Kier molecular flexibility index (Phi) is 8.31. The number of fused-ring (bicyclic) bond motifs is 1. The third kappa shape index (κ3) is 6.61. The predicted octanol–water partition coefficient (Wildman–Crippen LogP) is 4.71. The van der Waals surface area contributed by atoms with Gasteiger partial charge in [-0.15, -0.1) is 0 Å². The summed E-state index contributed by atoms with van der Waals surface area (Å²) < 4.78 is 18.7. The van der Waals surface area contributed by atoms with Crippen molar-refractivity contribution >= 4 is 34.4 Å². The number of hydrogen-bond acceptors (Lipinski definition) is 9. The first-order valence-corrected chi connectivity index (χ1v) is 14.3. The second-order valence-electron chi connectivity index (χ2n) is 10.4. The third-order valence-corrected chi connectivity index (χ3v) is 7.84. The summed E-state index contributed by atoms with van der Waals surface area (Å²) >= 11 is 5.91. The molecule has 11 heteroatoms. The number of carbonyl (C=O) groups is 1. The van der Waals surface area contributed by atoms with Gasteiger partial charge in [0.05, 0.1) is 53.6 Å². The van der Waals surface area contributed by atoms with Gasteiger partial charge in [-0.1, -0.05) is 17.7 Å². The van der Waals surface area contributed by atoms with Crippen molar-refractivity contribution in [2.75, 3.05) is 32.1 Å². The number of carbonyl (C=O) groups excluding carboxylic acids is 1. The summed E-state index contributed by atoms with van der Waals surface area (Å²) in [5.41, 5.74) is 3.14. The topological polar surface area (TPSA) is 104 Å². The van der Waals surface area contributed by atoms with Crippen molar-refractivity contribution in [2.24, 2.45) is 0 Å². The quantitative estimate of drug-likeness (QED) is 0.269. The molecule has 10 nitrogen and oxygen atoms in total. The van der Waals surface area contributed by atoms with Crippen LogP contribution >= 0.6 is 11.6 Å². The number of nitrogens with one attached hydrogen (secondary N) is 1. The molecule has 5 heterocycles. The predicted molar refractivity (Wildman–Crippen MR) is 155 cm³/mol. The average Bonchev–Trinajstić information content (AvgIpc) is 3.31. The Labute approximate surface area is 243 Å². The van der Waals surface area contributed by atoms with Gasteiger partial charge in [0.15, 0.2) is 0 Å². The Bertz CT molecular complexity index is 1500. The van der Waals surface area contributed by atoms with Crippen molar-refractivity contribution in [3.63, 3.8) is 0 Å². The number of pyridine rings is 2. The molecule has 0 radical (unpaired) electrons. The molecule has 0 spiro atoms. The van der Waals surface area contributed by atoms with E-state index < -0.39 is 0 Å². The molecule has 0 saturated carbocycles. The van der Waals surface area contributed by atoms with E-state index in [0.29, 0.717) is 29.1 Å². The number of imidazole rings is 1. The van der Waals surface area contributed by atoms with Gasteiger partial charge in [-0.2, -0.15) is 4.98 Å². The SMILES string of the molecule is COC(=O)c1ccc2nc(CN3CCC(Nc4cccc(OCc5ccc(Cl)cn5)n4)CC3)n(C[C@@H]3CCO3)c2c1. The smallest absolute Gasteiger partial charge is 0.337 e. The Morgan fingerprint density at radius 2 is 1.98 bits per heavy atom. The third-order valence-electron chi connectivity index (χ3n) is 7.61. The number of methoxy groups -OCH3 is 1. The fourth-order valence-electron chi connectivity index (χ4n) is 5.23. The van der Waals surface area contributed by atoms with Crippen LogP contribution in [0.25, 0.3) is 11.0 Å². The van der Waals surface area contributed by atoms with Gasteiger partial charge in [-0.05, 0) is 55.7 Å². The van der Waals surface area contributed by atoms with Crippen LogP contribution in [0, 0.1) is 0 Å². The van der Waals surface area contributed by atoms with E-state index in [-0.39, 0.29) is 12.1 Å². The molecule has 0 unspecified atom stereocenters. The minimum atomic E-state index is -0.346. The van der Waals surface area contributed by atoms with E-state index in [0.717, 1.165) is 80.4 Å². The number of benzene rings is 1. The number of rotatable bonds is 10. The highest BCUT2D eigenvalue weighted by molar-refractivity contribution is 6.30. The van der Waals surface area contributed by atoms with Crippen LogP contribution in [0.2, 0.25) is 5.02 Å². The van der Waals surface area contributed by atoms with E-state index in [1.165, 1.54) is 7.11 Å². The number of aromatic nitrogens is 4. The molecule has 1 atom stereocenters. The second kappa shape index (κ2) is 12.4. The van der Waals surface area contributed by atoms with Crippen LogP contribution in [0.1, 0.15) is 41.1 Å². The lowest BCUT2D eigenvalue weighted by atomic mass is 10.1. The van der Waals surface area contributed by atoms with Gasteiger partial charge in [0, 0.05) is 38.0 Å². The highest BCUT2D eigenvalue weighted by Gasteiger charge is 2.25. The van der Waals surface area contributed by atoms with Crippen molar-refractivity contribution in [1.29, 1.82) is 0 Å². The number of ether oxygens (including phenoxy) is 3. The lowest BCUT2D eigenvalue weighted by Crippen LogP contribution is -2.39. The Morgan fingerprint density at radius 1 is 1.12 bits per heavy atom. The zero-order chi connectivity index (χ0) is 28.2. The number of hydrogen-bond donors (Lipinski definition) is 1. The van der Waals surface area contributed by atoms with Gasteiger partial charge in [0.25, 0.3) is 0 Å². The summed E-state index contributed by atoms with van der Waals surface area (Å²) in [6, 6.07) is 15.3. The van der Waals surface area contributed by atoms with Gasteiger partial charge in [0.2, 0.25) is 5.88 Å². The fraction of sp³-hybridized carbons (Fsp3) is 0.400. The number of nitrogens with zero attached hydrogens (tertiary/aromatic N) is 5. The molecule has 0 bridgehead atoms. The first-order valence-electron chi connectivity index (χ1n) is 13.9. The van der Waals surface area contributed by atoms with Crippen LogP contribution in [0.5, 0.6) is 5.88 Å². The van der Waals surface area contributed by atoms with Gasteiger partial charge in [-0.25, -0.2) is 9.78 Å². The largest absolute Gasteiger partial charge is 0.471 e. The molecule has 2 saturated heterocycles. The van der Waals surface area contributed by atoms with Crippen LogP contribution in [0.4, 0.5) is 5.82 Å². The molecular weight excluding hydrogens is 544 g/mol. The highest BCUT2D eigenvalue weighted by atomic mass is 35.5. The normalized spacial score (nSPS) is 17.8. The minimum absolute atomic E-state index is 0.178. The van der Waals surface area contributed by atoms with E-state index in [4.69, 9.17) is 30.8 Å². The van der Waals surface area contributed by atoms with Crippen LogP contribution in [-0.2, 0) is 29.2 Å². The number of esters is 1. The van der Waals surface area contributed by atoms with Crippen LogP contribution in [-0.4, -0.2) is 69.3 Å². The molecular formula is C30H33ClN6O4. The van der Waals surface area contributed by atoms with E-state index in [1.807, 2.05) is 36.4 Å². The second-order valence-corrected chi connectivity index (χ2v) is 10.9. The maximum Gasteiger partial charge on any atom is 0.337 e. The lowest BCUT2D eigenvalue weighted by Gasteiger charge is -2.33. The van der Waals surface area contributed by atoms with Gasteiger partial charge in [0.1, 0.15) is 18.2 Å². The molecule has 2 aliphatic heterocycles. The molecule has 0 aliphatic carbocycles. The number of piperidine rings is 1. The van der Waals surface area contributed by atoms with E-state index in [2.05, 4.69) is 24.8 Å². The Hall–Kier alpha value is -3.73. The summed E-state index contributed by atoms with van der Waals surface area (Å²) in [6.45, 7) is 4.46. The lowest BCUT2D eigenvalue weighted by molar-refractivity contribution is -0.0592. The molecule has 1 N–H and O–H groups in total. The monoisotopic (exact) mass is 576 g/mol. The van der Waals surface area contributed by atoms with Crippen molar-refractivity contribution < 1.29 is 19.0 Å². The van der Waals surface area contributed by atoms with E-state index in [1.54, 1.807) is 18.3 Å². The van der Waals surface area contributed by atoms with E-state index >= 15 is 0 Å². The zero-order valence-electron chi connectivity index (χ0n) is 23.0. The summed E-state index contributed by atoms with van der Waals surface area (Å²) in [5, 5.41) is 4.17. The standard InChI is InChI=1S/C30H33ClN6O4/c1-39-30(38)20-5-8-25-26(15-20)37(17-24-11-14-40-24)28(34-25)18-36-12-9-22(10-13-36)33-27-3-2-4-29(35-27)41-19-23-7-6-21(31)16-32-23/h2-8,15-16,22,24H,9-14,17-19H2,1H3,(H,33,35)/t24-/m0/s1. The highest BCUT2D eigenvalue weighted by Crippen LogP contribution is 2.25. The molecule has 0 amide bonds. The molecule has 2 fully saturated rings. The summed E-state index contributed by atoms with van der Waals surface area (Å²) in [7, 11) is 1.40. The summed E-state index contributed by atoms with van der Waals surface area (Å²) in [4.78, 5) is 28.4. The van der Waals surface area contributed by atoms with Crippen LogP contribution in [0.3, 0.4) is 0 Å². The maximum absolute atomic E-state index is 12.2. The van der Waals surface area contributed by atoms with Crippen molar-refractivity contribution in [1.82, 2.24) is 24.4 Å². The molecule has 6 rings (SSSR count). The fourth-order valence-corrected chi connectivity index (χ4v) is 5.35. The zero-order valence-corrected chi connectivity index (χ0v) is 23.7. The molecule has 41 heavy (non-hydrogen) atoms. The first kappa shape index (κ1) is 27.4. The molecule has 1 aromatic carbocycles. The summed E-state index contributed by atoms with van der Waals surface area (Å²) in [6.07, 6.45) is 4.79.